The van der Waals surface area contributed by atoms with Crippen molar-refractivity contribution in [3.63, 3.8) is 0 Å². The van der Waals surface area contributed by atoms with Crippen molar-refractivity contribution in [3.05, 3.63) is 34.6 Å². The molecular formula is C28H45ClFN3O3. The third-order valence-corrected chi connectivity index (χ3v) is 8.57. The third-order valence-electron chi connectivity index (χ3n) is 8.28. The molecule has 1 aliphatic carbocycles. The molecule has 3 rings (SSSR count). The summed E-state index contributed by atoms with van der Waals surface area (Å²) in [5, 5.41) is 15.0. The molecule has 1 aromatic carbocycles. The summed E-state index contributed by atoms with van der Waals surface area (Å²) in [6.45, 7) is 3.50. The predicted molar refractivity (Wildman–Crippen MR) is 142 cm³/mol. The summed E-state index contributed by atoms with van der Waals surface area (Å²) in [5.74, 6) is -0.246. The number of benzene rings is 1. The number of amides is 2. The average molecular weight is 526 g/mol. The highest BCUT2D eigenvalue weighted by molar-refractivity contribution is 6.30. The van der Waals surface area contributed by atoms with E-state index in [4.69, 9.17) is 22.1 Å². The van der Waals surface area contributed by atoms with Crippen molar-refractivity contribution < 1.29 is 19.0 Å². The molecule has 1 saturated carbocycles. The number of rotatable bonds is 11. The minimum atomic E-state index is -1.43. The monoisotopic (exact) mass is 525 g/mol. The number of halogens is 2. The minimum absolute atomic E-state index is 0.00555. The number of likely N-dealkylation sites (tertiary alicyclic amines) is 1. The number of hydrogen-bond acceptors (Lipinski definition) is 4. The van der Waals surface area contributed by atoms with Crippen molar-refractivity contribution in [1.82, 2.24) is 10.2 Å². The number of piperidine rings is 1. The summed E-state index contributed by atoms with van der Waals surface area (Å²) in [6.07, 6.45) is 10.5. The number of nitrogens with zero attached hydrogens (tertiary/aromatic N) is 1. The Kier molecular flexibility index (Phi) is 11.3. The normalized spacial score (nSPS) is 22.6. The average Bonchev–Trinajstić information content (AvgIpc) is 2.88. The number of hydrogen-bond donors (Lipinski definition) is 3. The maximum absolute atomic E-state index is 15.1. The number of methoxy groups -OCH3 is 1. The Hall–Kier alpha value is -1.41. The smallest absolute Gasteiger partial charge is 0.317 e. The first-order valence-corrected chi connectivity index (χ1v) is 14.1. The molecule has 8 heteroatoms. The molecule has 4 N–H and O–H groups in total. The molecular weight excluding hydrogens is 481 g/mol. The zero-order chi connectivity index (χ0) is 26.1. The van der Waals surface area contributed by atoms with Crippen LogP contribution >= 0.6 is 11.6 Å². The first-order valence-electron chi connectivity index (χ1n) is 13.7. The molecule has 2 fully saturated rings. The van der Waals surface area contributed by atoms with Gasteiger partial charge in [0.15, 0.2) is 0 Å². The lowest BCUT2D eigenvalue weighted by Crippen LogP contribution is -2.55. The van der Waals surface area contributed by atoms with Gasteiger partial charge in [0.05, 0.1) is 10.6 Å². The summed E-state index contributed by atoms with van der Waals surface area (Å²) in [6, 6.07) is 4.38. The van der Waals surface area contributed by atoms with Gasteiger partial charge >= 0.3 is 6.03 Å². The largest absolute Gasteiger partial charge is 0.385 e. The van der Waals surface area contributed by atoms with Crippen molar-refractivity contribution in [2.75, 3.05) is 26.8 Å². The summed E-state index contributed by atoms with van der Waals surface area (Å²) in [7, 11) is 1.64. The van der Waals surface area contributed by atoms with Crippen LogP contribution in [-0.4, -0.2) is 54.9 Å². The maximum Gasteiger partial charge on any atom is 0.317 e. The summed E-state index contributed by atoms with van der Waals surface area (Å²) < 4.78 is 20.3. The first kappa shape index (κ1) is 29.2. The van der Waals surface area contributed by atoms with Gasteiger partial charge in [-0.1, -0.05) is 55.8 Å². The molecule has 0 aromatic heterocycles. The molecule has 2 amide bonds. The van der Waals surface area contributed by atoms with Gasteiger partial charge in [0, 0.05) is 50.4 Å². The molecule has 4 unspecified atom stereocenters. The van der Waals surface area contributed by atoms with E-state index >= 15 is 4.39 Å². The molecule has 0 bridgehead atoms. The topological polar surface area (TPSA) is 87.8 Å². The van der Waals surface area contributed by atoms with Crippen LogP contribution in [0, 0.1) is 17.7 Å². The standard InChI is InChI=1S/C28H45ClFN3O3/c1-20(25(31)18-21-10-4-3-5-11-21)32-27(34)33-16-9-12-22(19-33)28(35,15-6-7-17-36-2)23-13-8-14-24(29)26(23)30/h8,13-14,20-22,25,35H,3-7,9-12,15-19,31H2,1-2H3,(H,32,34). The van der Waals surface area contributed by atoms with Crippen molar-refractivity contribution >= 4 is 17.6 Å². The second kappa shape index (κ2) is 13.9. The lowest BCUT2D eigenvalue weighted by atomic mass is 9.74. The SMILES string of the molecule is COCCCCC(O)(c1cccc(Cl)c1F)C1CCCN(C(=O)NC(C)C(N)CC2CCCCC2)C1. The Labute approximate surface area is 221 Å². The number of aliphatic hydroxyl groups is 1. The van der Waals surface area contributed by atoms with Gasteiger partial charge in [0.2, 0.25) is 0 Å². The van der Waals surface area contributed by atoms with Crippen LogP contribution in [-0.2, 0) is 10.3 Å². The van der Waals surface area contributed by atoms with E-state index in [0.29, 0.717) is 44.9 Å². The molecule has 4 atom stereocenters. The summed E-state index contributed by atoms with van der Waals surface area (Å²) in [5.41, 5.74) is 5.26. The van der Waals surface area contributed by atoms with Crippen LogP contribution in [0.25, 0.3) is 0 Å². The van der Waals surface area contributed by atoms with Gasteiger partial charge in [-0.2, -0.15) is 0 Å². The van der Waals surface area contributed by atoms with Crippen LogP contribution in [0.1, 0.15) is 83.1 Å². The Balaban J connectivity index is 1.67. The van der Waals surface area contributed by atoms with Gasteiger partial charge in [-0.15, -0.1) is 0 Å². The zero-order valence-corrected chi connectivity index (χ0v) is 22.7. The van der Waals surface area contributed by atoms with E-state index in [0.717, 1.165) is 19.3 Å². The fourth-order valence-corrected chi connectivity index (χ4v) is 6.17. The molecule has 1 saturated heterocycles. The molecule has 204 valence electrons. The van der Waals surface area contributed by atoms with Crippen LogP contribution in [0.3, 0.4) is 0 Å². The Morgan fingerprint density at radius 2 is 2.03 bits per heavy atom. The molecule has 36 heavy (non-hydrogen) atoms. The van der Waals surface area contributed by atoms with E-state index in [1.165, 1.54) is 38.2 Å². The van der Waals surface area contributed by atoms with Crippen molar-refractivity contribution in [2.45, 2.75) is 95.2 Å². The van der Waals surface area contributed by atoms with Gasteiger partial charge in [-0.05, 0) is 57.4 Å². The highest BCUT2D eigenvalue weighted by Gasteiger charge is 2.43. The van der Waals surface area contributed by atoms with E-state index in [1.54, 1.807) is 24.1 Å². The Bertz CT molecular complexity index is 838. The molecule has 0 spiro atoms. The van der Waals surface area contributed by atoms with Crippen LogP contribution in [0.4, 0.5) is 9.18 Å². The number of ether oxygens (including phenoxy) is 1. The first-order chi connectivity index (χ1) is 17.3. The number of carbonyl (C=O) groups is 1. The van der Waals surface area contributed by atoms with Gasteiger partial charge in [0.1, 0.15) is 5.82 Å². The van der Waals surface area contributed by atoms with Crippen molar-refractivity contribution in [1.29, 1.82) is 0 Å². The number of nitrogens with two attached hydrogens (primary N) is 1. The third kappa shape index (κ3) is 7.56. The maximum atomic E-state index is 15.1. The summed E-state index contributed by atoms with van der Waals surface area (Å²) in [4.78, 5) is 15.0. The number of nitrogens with one attached hydrogen (secondary N) is 1. The lowest BCUT2D eigenvalue weighted by molar-refractivity contribution is -0.0587. The van der Waals surface area contributed by atoms with Crippen LogP contribution in [0.2, 0.25) is 5.02 Å². The quantitative estimate of drug-likeness (QED) is 0.328. The van der Waals surface area contributed by atoms with Gasteiger partial charge < -0.3 is 25.8 Å². The number of unbranched alkanes of at least 4 members (excludes halogenated alkanes) is 1. The molecule has 1 aliphatic heterocycles. The van der Waals surface area contributed by atoms with Crippen molar-refractivity contribution in [3.8, 4) is 0 Å². The molecule has 1 heterocycles. The van der Waals surface area contributed by atoms with Crippen LogP contribution in [0.5, 0.6) is 0 Å². The number of urea groups is 1. The fourth-order valence-electron chi connectivity index (χ4n) is 5.99. The summed E-state index contributed by atoms with van der Waals surface area (Å²) >= 11 is 6.09. The van der Waals surface area contributed by atoms with Gasteiger partial charge in [-0.25, -0.2) is 9.18 Å². The second-order valence-corrected chi connectivity index (χ2v) is 11.3. The molecule has 6 nitrogen and oxygen atoms in total. The zero-order valence-electron chi connectivity index (χ0n) is 22.0. The fraction of sp³-hybridized carbons (Fsp3) is 0.750. The van der Waals surface area contributed by atoms with Crippen molar-refractivity contribution in [2.24, 2.45) is 17.6 Å². The van der Waals surface area contributed by atoms with Gasteiger partial charge in [-0.3, -0.25) is 0 Å². The molecule has 2 aliphatic rings. The van der Waals surface area contributed by atoms with Gasteiger partial charge in [0.25, 0.3) is 0 Å². The molecule has 0 radical (unpaired) electrons. The Morgan fingerprint density at radius 3 is 2.75 bits per heavy atom. The lowest BCUT2D eigenvalue weighted by Gasteiger charge is -2.43. The van der Waals surface area contributed by atoms with E-state index in [1.807, 2.05) is 6.92 Å². The van der Waals surface area contributed by atoms with E-state index in [2.05, 4.69) is 5.32 Å². The minimum Gasteiger partial charge on any atom is -0.385 e. The molecule has 1 aromatic rings. The highest BCUT2D eigenvalue weighted by Crippen LogP contribution is 2.42. The highest BCUT2D eigenvalue weighted by atomic mass is 35.5. The van der Waals surface area contributed by atoms with E-state index in [9.17, 15) is 9.90 Å². The predicted octanol–water partition coefficient (Wildman–Crippen LogP) is 5.59. The second-order valence-electron chi connectivity index (χ2n) is 10.9. The number of carbonyl (C=O) groups excluding carboxylic acids is 1. The van der Waals surface area contributed by atoms with E-state index < -0.39 is 11.4 Å². The van der Waals surface area contributed by atoms with Crippen LogP contribution < -0.4 is 11.1 Å². The van der Waals surface area contributed by atoms with Crippen LogP contribution in [0.15, 0.2) is 18.2 Å². The van der Waals surface area contributed by atoms with E-state index in [-0.39, 0.29) is 34.6 Å². The Morgan fingerprint density at radius 1 is 1.28 bits per heavy atom.